The van der Waals surface area contributed by atoms with E-state index in [0.717, 1.165) is 5.75 Å². The molecule has 0 aliphatic rings. The molecule has 0 radical (unpaired) electrons. The number of nitrogens with zero attached hydrogens (tertiary/aromatic N) is 1. The average Bonchev–Trinajstić information content (AvgIpc) is 2.16. The molecule has 1 rings (SSSR count). The van der Waals surface area contributed by atoms with E-state index in [9.17, 15) is 0 Å². The van der Waals surface area contributed by atoms with Crippen LogP contribution in [0.3, 0.4) is 0 Å². The highest BCUT2D eigenvalue weighted by atomic mass is 32.1. The molecular weight excluding hydrogens is 198 g/mol. The van der Waals surface area contributed by atoms with E-state index in [1.165, 1.54) is 0 Å². The fourth-order valence-corrected chi connectivity index (χ4v) is 0.861. The summed E-state index contributed by atoms with van der Waals surface area (Å²) in [6.07, 6.45) is 0. The topological polar surface area (TPSA) is 59.6 Å². The van der Waals surface area contributed by atoms with E-state index in [1.54, 1.807) is 6.92 Å². The zero-order chi connectivity index (χ0) is 10.4. The first-order valence-corrected chi connectivity index (χ1v) is 4.42. The average molecular weight is 209 g/mol. The second-order valence-electron chi connectivity index (χ2n) is 2.52. The van der Waals surface area contributed by atoms with Crippen LogP contribution in [0.4, 0.5) is 0 Å². The summed E-state index contributed by atoms with van der Waals surface area (Å²) >= 11 is 4.58. The molecule has 0 aliphatic carbocycles. The van der Waals surface area contributed by atoms with Gasteiger partial charge in [0.1, 0.15) is 5.75 Å². The summed E-state index contributed by atoms with van der Waals surface area (Å²) in [5.74, 6) is 1.17. The second-order valence-corrected chi connectivity index (χ2v) is 2.96. The first kappa shape index (κ1) is 10.5. The van der Waals surface area contributed by atoms with Gasteiger partial charge in [-0.2, -0.15) is 0 Å². The summed E-state index contributed by atoms with van der Waals surface area (Å²) in [5, 5.41) is 3.91. The number of hydrogen-bond donors (Lipinski definition) is 2. The van der Waals surface area contributed by atoms with E-state index in [-0.39, 0.29) is 5.11 Å². The van der Waals surface area contributed by atoms with Gasteiger partial charge in [0, 0.05) is 6.92 Å². The zero-order valence-corrected chi connectivity index (χ0v) is 8.54. The van der Waals surface area contributed by atoms with Gasteiger partial charge in [0.15, 0.2) is 5.11 Å². The normalized spacial score (nSPS) is 10.8. The minimum absolute atomic E-state index is 0.112. The Kier molecular flexibility index (Phi) is 3.87. The minimum Gasteiger partial charge on any atom is -0.442 e. The summed E-state index contributed by atoms with van der Waals surface area (Å²) < 4.78 is 5.34. The van der Waals surface area contributed by atoms with Crippen molar-refractivity contribution in [1.82, 2.24) is 5.43 Å². The van der Waals surface area contributed by atoms with E-state index in [1.807, 2.05) is 30.3 Å². The van der Waals surface area contributed by atoms with Gasteiger partial charge >= 0.3 is 0 Å². The number of para-hydroxylation sites is 1. The van der Waals surface area contributed by atoms with Gasteiger partial charge in [-0.15, -0.1) is 5.10 Å². The molecule has 4 nitrogen and oxygen atoms in total. The van der Waals surface area contributed by atoms with Gasteiger partial charge in [-0.05, 0) is 24.4 Å². The summed E-state index contributed by atoms with van der Waals surface area (Å²) in [7, 11) is 0. The number of ether oxygens (including phenoxy) is 1. The maximum absolute atomic E-state index is 5.34. The molecule has 0 heterocycles. The van der Waals surface area contributed by atoms with Crippen LogP contribution in [-0.2, 0) is 0 Å². The predicted molar refractivity (Wildman–Crippen MR) is 60.1 cm³/mol. The van der Waals surface area contributed by atoms with E-state index in [2.05, 4.69) is 22.7 Å². The molecule has 1 aromatic rings. The van der Waals surface area contributed by atoms with Gasteiger partial charge in [-0.25, -0.2) is 0 Å². The molecule has 1 aromatic carbocycles. The second kappa shape index (κ2) is 5.18. The maximum atomic E-state index is 5.34. The van der Waals surface area contributed by atoms with E-state index in [4.69, 9.17) is 10.5 Å². The summed E-state index contributed by atoms with van der Waals surface area (Å²) in [6, 6.07) is 9.33. The largest absolute Gasteiger partial charge is 0.442 e. The molecule has 0 aromatic heterocycles. The molecule has 0 unspecified atom stereocenters. The van der Waals surface area contributed by atoms with Crippen LogP contribution in [0.25, 0.3) is 0 Å². The van der Waals surface area contributed by atoms with Crippen molar-refractivity contribution in [2.24, 2.45) is 10.8 Å². The van der Waals surface area contributed by atoms with Crippen molar-refractivity contribution >= 4 is 23.2 Å². The molecule has 0 saturated heterocycles. The van der Waals surface area contributed by atoms with Crippen LogP contribution in [0.5, 0.6) is 5.75 Å². The molecule has 0 spiro atoms. The lowest BCUT2D eigenvalue weighted by atomic mass is 10.3. The first-order valence-electron chi connectivity index (χ1n) is 4.01. The van der Waals surface area contributed by atoms with Crippen LogP contribution in [-0.4, -0.2) is 11.0 Å². The number of rotatable bonds is 2. The molecule has 0 aliphatic heterocycles. The SMILES string of the molecule is CC(=NNC(N)=S)Oc1ccccc1. The predicted octanol–water partition coefficient (Wildman–Crippen LogP) is 1.23. The Bertz CT molecular complexity index is 337. The Morgan fingerprint density at radius 3 is 2.64 bits per heavy atom. The van der Waals surface area contributed by atoms with Crippen molar-refractivity contribution in [3.8, 4) is 5.75 Å². The molecule has 3 N–H and O–H groups in total. The number of benzene rings is 1. The van der Waals surface area contributed by atoms with Crippen molar-refractivity contribution in [3.05, 3.63) is 30.3 Å². The van der Waals surface area contributed by atoms with Gasteiger partial charge in [-0.1, -0.05) is 18.2 Å². The molecular formula is C9H11N3OS. The Hall–Kier alpha value is -1.62. The smallest absolute Gasteiger partial charge is 0.209 e. The Morgan fingerprint density at radius 2 is 2.07 bits per heavy atom. The molecule has 5 heteroatoms. The monoisotopic (exact) mass is 209 g/mol. The molecule has 14 heavy (non-hydrogen) atoms. The van der Waals surface area contributed by atoms with Gasteiger partial charge in [0.2, 0.25) is 5.90 Å². The fraction of sp³-hybridized carbons (Fsp3) is 0.111. The highest BCUT2D eigenvalue weighted by Crippen LogP contribution is 2.08. The van der Waals surface area contributed by atoms with E-state index < -0.39 is 0 Å². The highest BCUT2D eigenvalue weighted by molar-refractivity contribution is 7.80. The maximum Gasteiger partial charge on any atom is 0.209 e. The van der Waals surface area contributed by atoms with E-state index >= 15 is 0 Å². The molecule has 0 atom stereocenters. The molecule has 0 fully saturated rings. The molecule has 0 saturated carbocycles. The first-order chi connectivity index (χ1) is 6.68. The zero-order valence-electron chi connectivity index (χ0n) is 7.73. The Morgan fingerprint density at radius 1 is 1.43 bits per heavy atom. The quantitative estimate of drug-likeness (QED) is 0.333. The van der Waals surface area contributed by atoms with Crippen molar-refractivity contribution in [2.75, 3.05) is 0 Å². The summed E-state index contributed by atoms with van der Waals surface area (Å²) in [6.45, 7) is 1.71. The third kappa shape index (κ3) is 3.86. The van der Waals surface area contributed by atoms with Gasteiger partial charge in [0.05, 0.1) is 0 Å². The van der Waals surface area contributed by atoms with Gasteiger partial charge in [-0.3, -0.25) is 5.43 Å². The molecule has 0 amide bonds. The van der Waals surface area contributed by atoms with Gasteiger partial charge < -0.3 is 10.5 Å². The van der Waals surface area contributed by atoms with Crippen LogP contribution in [0.2, 0.25) is 0 Å². The van der Waals surface area contributed by atoms with Crippen LogP contribution >= 0.6 is 12.2 Å². The standard InChI is InChI=1S/C9H11N3OS/c1-7(11-12-9(10)14)13-8-5-3-2-4-6-8/h2-6H,1H3,(H3,10,12,14). The lowest BCUT2D eigenvalue weighted by Crippen LogP contribution is -2.26. The number of hydrazone groups is 1. The molecule has 0 bridgehead atoms. The number of nitrogens with one attached hydrogen (secondary N) is 1. The van der Waals surface area contributed by atoms with Crippen molar-refractivity contribution in [3.63, 3.8) is 0 Å². The third-order valence-corrected chi connectivity index (χ3v) is 1.42. The lowest BCUT2D eigenvalue weighted by Gasteiger charge is -2.04. The van der Waals surface area contributed by atoms with Gasteiger partial charge in [0.25, 0.3) is 0 Å². The molecule has 74 valence electrons. The van der Waals surface area contributed by atoms with Crippen molar-refractivity contribution in [2.45, 2.75) is 6.92 Å². The Labute approximate surface area is 87.8 Å². The van der Waals surface area contributed by atoms with Crippen LogP contribution in [0.1, 0.15) is 6.92 Å². The Balaban J connectivity index is 2.53. The number of hydrogen-bond acceptors (Lipinski definition) is 3. The minimum atomic E-state index is 0.112. The highest BCUT2D eigenvalue weighted by Gasteiger charge is 1.94. The van der Waals surface area contributed by atoms with Crippen molar-refractivity contribution in [1.29, 1.82) is 0 Å². The summed E-state index contributed by atoms with van der Waals surface area (Å²) in [4.78, 5) is 0. The van der Waals surface area contributed by atoms with Crippen LogP contribution in [0, 0.1) is 0 Å². The van der Waals surface area contributed by atoms with Crippen molar-refractivity contribution < 1.29 is 4.74 Å². The van der Waals surface area contributed by atoms with Crippen LogP contribution in [0.15, 0.2) is 35.4 Å². The summed E-state index contributed by atoms with van der Waals surface area (Å²) in [5.41, 5.74) is 7.63. The number of nitrogens with two attached hydrogens (primary N) is 1. The fourth-order valence-electron chi connectivity index (χ4n) is 0.816. The third-order valence-electron chi connectivity index (χ3n) is 1.33. The van der Waals surface area contributed by atoms with E-state index in [0.29, 0.717) is 5.90 Å². The number of thiocarbonyl (C=S) groups is 1. The lowest BCUT2D eigenvalue weighted by molar-refractivity contribution is 0.540. The van der Waals surface area contributed by atoms with Crippen LogP contribution < -0.4 is 15.9 Å².